The molecule has 1 aromatic carbocycles. The third-order valence-electron chi connectivity index (χ3n) is 6.51. The van der Waals surface area contributed by atoms with E-state index >= 15 is 0 Å². The van der Waals surface area contributed by atoms with Gasteiger partial charge in [-0.1, -0.05) is 24.6 Å². The van der Waals surface area contributed by atoms with Crippen molar-refractivity contribution in [3.05, 3.63) is 28.8 Å². The summed E-state index contributed by atoms with van der Waals surface area (Å²) in [6, 6.07) is 3.63. The number of hydrogen-bond donors (Lipinski definition) is 0. The molecule has 0 bridgehead atoms. The molecule has 2 saturated heterocycles. The molecule has 1 atom stereocenters. The van der Waals surface area contributed by atoms with Crippen molar-refractivity contribution in [2.45, 2.75) is 45.6 Å². The molecule has 0 saturated carbocycles. The molecule has 2 aliphatic heterocycles. The fourth-order valence-corrected chi connectivity index (χ4v) is 6.57. The van der Waals surface area contributed by atoms with E-state index in [4.69, 9.17) is 0 Å². The highest BCUT2D eigenvalue weighted by Gasteiger charge is 2.35. The molecule has 2 fully saturated rings. The Morgan fingerprint density at radius 2 is 1.47 bits per heavy atom. The summed E-state index contributed by atoms with van der Waals surface area (Å²) in [6.07, 6.45) is 0. The second-order valence-electron chi connectivity index (χ2n) is 8.60. The van der Waals surface area contributed by atoms with Gasteiger partial charge in [0.2, 0.25) is 15.9 Å². The van der Waals surface area contributed by atoms with Crippen LogP contribution in [-0.4, -0.2) is 98.3 Å². The number of benzene rings is 1. The van der Waals surface area contributed by atoms with E-state index in [1.54, 1.807) is 4.31 Å². The van der Waals surface area contributed by atoms with E-state index < -0.39 is 10.0 Å². The number of piperazine rings is 2. The van der Waals surface area contributed by atoms with Crippen LogP contribution in [0, 0.1) is 20.8 Å². The zero-order valence-electron chi connectivity index (χ0n) is 19.0. The van der Waals surface area contributed by atoms with Crippen LogP contribution in [0.3, 0.4) is 0 Å². The van der Waals surface area contributed by atoms with Gasteiger partial charge in [0, 0.05) is 52.4 Å². The highest BCUT2D eigenvalue weighted by molar-refractivity contribution is 7.89. The number of rotatable bonds is 5. The number of sulfonamides is 1. The molecule has 0 N–H and O–H groups in total. The van der Waals surface area contributed by atoms with E-state index in [1.165, 1.54) is 0 Å². The van der Waals surface area contributed by atoms with E-state index in [0.29, 0.717) is 31.1 Å². The Morgan fingerprint density at radius 3 is 1.97 bits per heavy atom. The van der Waals surface area contributed by atoms with Crippen LogP contribution >= 0.6 is 0 Å². The molecule has 0 aliphatic carbocycles. The largest absolute Gasteiger partial charge is 0.339 e. The Bertz CT molecular complexity index is 847. The summed E-state index contributed by atoms with van der Waals surface area (Å²) in [5.41, 5.74) is 2.66. The first-order valence-electron chi connectivity index (χ1n) is 11.0. The van der Waals surface area contributed by atoms with Crippen LogP contribution in [0.4, 0.5) is 0 Å². The van der Waals surface area contributed by atoms with Gasteiger partial charge < -0.3 is 9.80 Å². The Balaban J connectivity index is 1.62. The average molecular weight is 437 g/mol. The minimum Gasteiger partial charge on any atom is -0.339 e. The Kier molecular flexibility index (Phi) is 7.22. The van der Waals surface area contributed by atoms with Crippen LogP contribution in [0.5, 0.6) is 0 Å². The summed E-state index contributed by atoms with van der Waals surface area (Å²) in [5, 5.41) is 0. The van der Waals surface area contributed by atoms with Crippen LogP contribution in [-0.2, 0) is 14.8 Å². The molecule has 0 aromatic heterocycles. The summed E-state index contributed by atoms with van der Waals surface area (Å²) >= 11 is 0. The highest BCUT2D eigenvalue weighted by atomic mass is 32.2. The summed E-state index contributed by atoms with van der Waals surface area (Å²) < 4.78 is 28.1. The Hall–Kier alpha value is -1.48. The molecule has 1 aromatic rings. The molecule has 8 heteroatoms. The highest BCUT2D eigenvalue weighted by Crippen LogP contribution is 2.26. The van der Waals surface area contributed by atoms with Gasteiger partial charge in [0.05, 0.1) is 10.9 Å². The molecule has 30 heavy (non-hydrogen) atoms. The molecule has 168 valence electrons. The first-order valence-corrected chi connectivity index (χ1v) is 12.4. The number of carbonyl (C=O) groups is 1. The zero-order chi connectivity index (χ0) is 22.1. The third-order valence-corrected chi connectivity index (χ3v) is 8.72. The monoisotopic (exact) mass is 436 g/mol. The lowest BCUT2D eigenvalue weighted by atomic mass is 10.1. The molecule has 3 rings (SSSR count). The predicted octanol–water partition coefficient (Wildman–Crippen LogP) is 1.47. The van der Waals surface area contributed by atoms with Crippen molar-refractivity contribution in [3.8, 4) is 0 Å². The van der Waals surface area contributed by atoms with Crippen LogP contribution in [0.2, 0.25) is 0 Å². The van der Waals surface area contributed by atoms with Gasteiger partial charge in [-0.15, -0.1) is 0 Å². The van der Waals surface area contributed by atoms with Gasteiger partial charge in [0.15, 0.2) is 0 Å². The third kappa shape index (κ3) is 4.72. The molecule has 7 nitrogen and oxygen atoms in total. The number of carbonyl (C=O) groups excluding carboxylic acids is 1. The second-order valence-corrected chi connectivity index (χ2v) is 10.5. The molecule has 2 heterocycles. The smallest absolute Gasteiger partial charge is 0.243 e. The average Bonchev–Trinajstić information content (AvgIpc) is 2.72. The zero-order valence-corrected chi connectivity index (χ0v) is 19.8. The van der Waals surface area contributed by atoms with Gasteiger partial charge in [0.1, 0.15) is 0 Å². The number of nitrogens with zero attached hydrogens (tertiary/aromatic N) is 4. The normalized spacial score (nSPS) is 21.0. The Morgan fingerprint density at radius 1 is 0.933 bits per heavy atom. The van der Waals surface area contributed by atoms with E-state index in [9.17, 15) is 13.2 Å². The minimum absolute atomic E-state index is 0.160. The SMILES string of the molecule is CCN1CCN(C(=O)C(C)N2CCN(S(=O)(=O)c3c(C)cc(C)cc3C)CC2)CC1. The van der Waals surface area contributed by atoms with Gasteiger partial charge in [-0.2, -0.15) is 4.31 Å². The fourth-order valence-electron chi connectivity index (χ4n) is 4.74. The number of hydrogen-bond acceptors (Lipinski definition) is 5. The summed E-state index contributed by atoms with van der Waals surface area (Å²) in [7, 11) is -3.53. The van der Waals surface area contributed by atoms with Gasteiger partial charge in [-0.25, -0.2) is 8.42 Å². The van der Waals surface area contributed by atoms with Gasteiger partial charge in [0.25, 0.3) is 0 Å². The van der Waals surface area contributed by atoms with Gasteiger partial charge in [-0.3, -0.25) is 9.69 Å². The lowest BCUT2D eigenvalue weighted by Gasteiger charge is -2.40. The van der Waals surface area contributed by atoms with Crippen LogP contribution in [0.1, 0.15) is 30.5 Å². The molecular weight excluding hydrogens is 400 g/mol. The first kappa shape index (κ1) is 23.2. The van der Waals surface area contributed by atoms with Crippen molar-refractivity contribution in [1.29, 1.82) is 0 Å². The van der Waals surface area contributed by atoms with Gasteiger partial charge >= 0.3 is 0 Å². The number of aryl methyl sites for hydroxylation is 3. The van der Waals surface area contributed by atoms with E-state index in [-0.39, 0.29) is 11.9 Å². The molecule has 0 spiro atoms. The Labute approximate surface area is 181 Å². The van der Waals surface area contributed by atoms with E-state index in [1.807, 2.05) is 44.7 Å². The maximum Gasteiger partial charge on any atom is 0.243 e. The molecular formula is C22H36N4O3S. The first-order chi connectivity index (χ1) is 14.1. The maximum atomic E-state index is 13.3. The predicted molar refractivity (Wildman–Crippen MR) is 119 cm³/mol. The van der Waals surface area contributed by atoms with Crippen molar-refractivity contribution in [1.82, 2.24) is 19.0 Å². The fraction of sp³-hybridized carbons (Fsp3) is 0.682. The van der Waals surface area contributed by atoms with Crippen molar-refractivity contribution >= 4 is 15.9 Å². The second kappa shape index (κ2) is 9.34. The quantitative estimate of drug-likeness (QED) is 0.700. The topological polar surface area (TPSA) is 64.2 Å². The molecule has 2 aliphatic rings. The molecule has 1 amide bonds. The summed E-state index contributed by atoms with van der Waals surface area (Å²) in [6.45, 7) is 16.2. The van der Waals surface area contributed by atoms with Crippen LogP contribution < -0.4 is 0 Å². The standard InChI is InChI=1S/C22H36N4O3S/c1-6-23-7-9-25(10-8-23)22(27)20(5)24-11-13-26(14-12-24)30(28,29)21-18(3)15-17(2)16-19(21)4/h15-16,20H,6-14H2,1-5H3. The number of amides is 1. The lowest BCUT2D eigenvalue weighted by Crippen LogP contribution is -2.57. The minimum atomic E-state index is -3.53. The van der Waals surface area contributed by atoms with Crippen LogP contribution in [0.15, 0.2) is 17.0 Å². The summed E-state index contributed by atoms with van der Waals surface area (Å²) in [4.78, 5) is 19.8. The lowest BCUT2D eigenvalue weighted by molar-refractivity contribution is -0.138. The van der Waals surface area contributed by atoms with E-state index in [0.717, 1.165) is 49.4 Å². The van der Waals surface area contributed by atoms with E-state index in [2.05, 4.69) is 16.7 Å². The summed E-state index contributed by atoms with van der Waals surface area (Å²) in [5.74, 6) is 0.160. The van der Waals surface area contributed by atoms with Crippen molar-refractivity contribution in [2.75, 3.05) is 58.9 Å². The number of likely N-dealkylation sites (N-methyl/N-ethyl adjacent to an activating group) is 1. The van der Waals surface area contributed by atoms with Gasteiger partial charge in [-0.05, 0) is 45.4 Å². The molecule has 0 radical (unpaired) electrons. The van der Waals surface area contributed by atoms with Crippen molar-refractivity contribution in [3.63, 3.8) is 0 Å². The van der Waals surface area contributed by atoms with Crippen LogP contribution in [0.25, 0.3) is 0 Å². The van der Waals surface area contributed by atoms with Crippen molar-refractivity contribution < 1.29 is 13.2 Å². The molecule has 1 unspecified atom stereocenters. The maximum absolute atomic E-state index is 13.3. The van der Waals surface area contributed by atoms with Crippen molar-refractivity contribution in [2.24, 2.45) is 0 Å².